The molecule has 0 aliphatic rings. The van der Waals surface area contributed by atoms with Crippen molar-refractivity contribution in [1.82, 2.24) is 0 Å². The Morgan fingerprint density at radius 1 is 1.43 bits per heavy atom. The maximum atomic E-state index is 8.92. The molecule has 0 fully saturated rings. The Hall–Kier alpha value is -1.24. The molecule has 0 atom stereocenters. The summed E-state index contributed by atoms with van der Waals surface area (Å²) in [4.78, 5) is 0. The van der Waals surface area contributed by atoms with E-state index < -0.39 is 0 Å². The van der Waals surface area contributed by atoms with E-state index in [0.717, 1.165) is 10.1 Å². The van der Waals surface area contributed by atoms with Gasteiger partial charge in [0.25, 0.3) is 0 Å². The molecule has 14 heavy (non-hydrogen) atoms. The van der Waals surface area contributed by atoms with Crippen molar-refractivity contribution in [2.45, 2.75) is 0 Å². The molecule has 4 heteroatoms. The maximum Gasteiger partial charge on any atom is 0.121 e. The van der Waals surface area contributed by atoms with Gasteiger partial charge in [0.15, 0.2) is 0 Å². The summed E-state index contributed by atoms with van der Waals surface area (Å²) in [5.41, 5.74) is 0.600. The Morgan fingerprint density at radius 3 is 2.86 bits per heavy atom. The van der Waals surface area contributed by atoms with Crippen molar-refractivity contribution in [3.05, 3.63) is 28.1 Å². The van der Waals surface area contributed by atoms with Crippen LogP contribution in [0.5, 0.6) is 5.75 Å². The van der Waals surface area contributed by atoms with E-state index >= 15 is 0 Å². The van der Waals surface area contributed by atoms with Crippen LogP contribution in [0.2, 0.25) is 4.34 Å². The predicted molar refractivity (Wildman–Crippen MR) is 58.1 cm³/mol. The van der Waals surface area contributed by atoms with Crippen LogP contribution in [0, 0.1) is 11.3 Å². The van der Waals surface area contributed by atoms with E-state index in [9.17, 15) is 0 Å². The molecule has 1 aromatic carbocycles. The topological polar surface area (TPSA) is 33.0 Å². The number of benzene rings is 1. The summed E-state index contributed by atoms with van der Waals surface area (Å²) in [6.07, 6.45) is 0. The summed E-state index contributed by atoms with van der Waals surface area (Å²) in [5, 5.41) is 9.81. The highest BCUT2D eigenvalue weighted by Gasteiger charge is 2.07. The number of nitrogens with zero attached hydrogens (tertiary/aromatic N) is 1. The Labute approximate surface area is 90.3 Å². The van der Waals surface area contributed by atoms with Gasteiger partial charge in [-0.05, 0) is 18.2 Å². The summed E-state index contributed by atoms with van der Waals surface area (Å²) in [5.74, 6) is 0.688. The summed E-state index contributed by atoms with van der Waals surface area (Å²) in [7, 11) is 1.58. The first-order valence-corrected chi connectivity index (χ1v) is 5.11. The van der Waals surface area contributed by atoms with Crippen molar-refractivity contribution in [3.63, 3.8) is 0 Å². The predicted octanol–water partition coefficient (Wildman–Crippen LogP) is 3.43. The number of thiophene rings is 1. The van der Waals surface area contributed by atoms with Gasteiger partial charge < -0.3 is 4.74 Å². The van der Waals surface area contributed by atoms with Gasteiger partial charge in [0, 0.05) is 10.1 Å². The molecule has 0 saturated carbocycles. The molecule has 2 aromatic rings. The Balaban J connectivity index is 2.80. The van der Waals surface area contributed by atoms with Crippen LogP contribution in [0.4, 0.5) is 0 Å². The second-order valence-electron chi connectivity index (χ2n) is 2.75. The smallest absolute Gasteiger partial charge is 0.121 e. The third-order valence-corrected chi connectivity index (χ3v) is 3.15. The van der Waals surface area contributed by atoms with Gasteiger partial charge in [-0.25, -0.2) is 0 Å². The second-order valence-corrected chi connectivity index (χ2v) is 4.46. The quantitative estimate of drug-likeness (QED) is 0.742. The molecule has 70 valence electrons. The average molecular weight is 224 g/mol. The minimum absolute atomic E-state index is 0.600. The fourth-order valence-electron chi connectivity index (χ4n) is 1.29. The summed E-state index contributed by atoms with van der Waals surface area (Å²) < 4.78 is 6.75. The molecular formula is C10H6ClNOS. The van der Waals surface area contributed by atoms with Gasteiger partial charge in [-0.2, -0.15) is 5.26 Å². The lowest BCUT2D eigenvalue weighted by Gasteiger charge is -2.00. The first-order valence-electron chi connectivity index (χ1n) is 3.92. The highest BCUT2D eigenvalue weighted by Crippen LogP contribution is 2.34. The van der Waals surface area contributed by atoms with Crippen LogP contribution in [0.3, 0.4) is 0 Å². The summed E-state index contributed by atoms with van der Waals surface area (Å²) >= 11 is 7.32. The molecule has 0 aliphatic heterocycles. The molecule has 0 unspecified atom stereocenters. The number of methoxy groups -OCH3 is 1. The SMILES string of the molecule is COc1cc(C#N)c2cc(Cl)sc2c1. The minimum atomic E-state index is 0.600. The average Bonchev–Trinajstić information content (AvgIpc) is 2.56. The van der Waals surface area contributed by atoms with Gasteiger partial charge in [0.05, 0.1) is 23.1 Å². The Morgan fingerprint density at radius 2 is 2.21 bits per heavy atom. The van der Waals surface area contributed by atoms with E-state index in [2.05, 4.69) is 6.07 Å². The highest BCUT2D eigenvalue weighted by atomic mass is 35.5. The van der Waals surface area contributed by atoms with Gasteiger partial charge >= 0.3 is 0 Å². The molecule has 0 aliphatic carbocycles. The van der Waals surface area contributed by atoms with Crippen LogP contribution < -0.4 is 4.74 Å². The largest absolute Gasteiger partial charge is 0.497 e. The number of hydrogen-bond donors (Lipinski definition) is 0. The Bertz CT molecular complexity index is 527. The zero-order valence-electron chi connectivity index (χ0n) is 7.37. The third-order valence-electron chi connectivity index (χ3n) is 1.94. The monoisotopic (exact) mass is 223 g/mol. The number of rotatable bonds is 1. The van der Waals surface area contributed by atoms with Gasteiger partial charge in [-0.1, -0.05) is 11.6 Å². The third kappa shape index (κ3) is 1.43. The maximum absolute atomic E-state index is 8.92. The number of hydrogen-bond acceptors (Lipinski definition) is 3. The lowest BCUT2D eigenvalue weighted by molar-refractivity contribution is 0.415. The van der Waals surface area contributed by atoms with Crippen LogP contribution in [0.1, 0.15) is 5.56 Å². The van der Waals surface area contributed by atoms with Crippen LogP contribution in [-0.2, 0) is 0 Å². The van der Waals surface area contributed by atoms with Crippen molar-refractivity contribution < 1.29 is 4.74 Å². The minimum Gasteiger partial charge on any atom is -0.497 e. The fourth-order valence-corrected chi connectivity index (χ4v) is 2.49. The molecule has 0 radical (unpaired) electrons. The van der Waals surface area contributed by atoms with Gasteiger partial charge in [-0.15, -0.1) is 11.3 Å². The zero-order chi connectivity index (χ0) is 10.1. The van der Waals surface area contributed by atoms with E-state index in [1.165, 1.54) is 11.3 Å². The lowest BCUT2D eigenvalue weighted by atomic mass is 10.1. The van der Waals surface area contributed by atoms with Crippen molar-refractivity contribution in [2.75, 3.05) is 7.11 Å². The van der Waals surface area contributed by atoms with E-state index in [0.29, 0.717) is 15.6 Å². The number of halogens is 1. The molecule has 0 spiro atoms. The molecule has 0 amide bonds. The normalized spacial score (nSPS) is 10.1. The van der Waals surface area contributed by atoms with Crippen LogP contribution in [0.15, 0.2) is 18.2 Å². The molecule has 1 heterocycles. The van der Waals surface area contributed by atoms with E-state index in [1.807, 2.05) is 6.07 Å². The second kappa shape index (κ2) is 3.49. The van der Waals surface area contributed by atoms with Crippen molar-refractivity contribution in [2.24, 2.45) is 0 Å². The van der Waals surface area contributed by atoms with E-state index in [-0.39, 0.29) is 0 Å². The first-order chi connectivity index (χ1) is 6.74. The van der Waals surface area contributed by atoms with Gasteiger partial charge in [-0.3, -0.25) is 0 Å². The zero-order valence-corrected chi connectivity index (χ0v) is 8.95. The molecule has 0 bridgehead atoms. The van der Waals surface area contributed by atoms with E-state index in [1.54, 1.807) is 19.2 Å². The molecular weight excluding hydrogens is 218 g/mol. The van der Waals surface area contributed by atoms with Crippen LogP contribution in [-0.4, -0.2) is 7.11 Å². The van der Waals surface area contributed by atoms with Crippen molar-refractivity contribution in [1.29, 1.82) is 5.26 Å². The van der Waals surface area contributed by atoms with Crippen LogP contribution in [0.25, 0.3) is 10.1 Å². The van der Waals surface area contributed by atoms with Gasteiger partial charge in [0.2, 0.25) is 0 Å². The summed E-state index contributed by atoms with van der Waals surface area (Å²) in [6, 6.07) is 7.53. The Kier molecular flexibility index (Phi) is 2.32. The lowest BCUT2D eigenvalue weighted by Crippen LogP contribution is -1.83. The number of nitriles is 1. The molecule has 2 nitrogen and oxygen atoms in total. The fraction of sp³-hybridized carbons (Fsp3) is 0.100. The molecule has 0 N–H and O–H groups in total. The first kappa shape index (κ1) is 9.32. The van der Waals surface area contributed by atoms with Crippen molar-refractivity contribution in [3.8, 4) is 11.8 Å². The van der Waals surface area contributed by atoms with Crippen LogP contribution >= 0.6 is 22.9 Å². The number of fused-ring (bicyclic) bond motifs is 1. The molecule has 2 rings (SSSR count). The molecule has 1 aromatic heterocycles. The number of ether oxygens (including phenoxy) is 1. The van der Waals surface area contributed by atoms with Crippen molar-refractivity contribution >= 4 is 33.0 Å². The molecule has 0 saturated heterocycles. The summed E-state index contributed by atoms with van der Waals surface area (Å²) in [6.45, 7) is 0. The van der Waals surface area contributed by atoms with Gasteiger partial charge in [0.1, 0.15) is 5.75 Å². The van der Waals surface area contributed by atoms with E-state index in [4.69, 9.17) is 21.6 Å². The highest BCUT2D eigenvalue weighted by molar-refractivity contribution is 7.22. The standard InChI is InChI=1S/C10H6ClNOS/c1-13-7-2-6(5-12)8-4-10(11)14-9(8)3-7/h2-4H,1H3.